The molecular formula is C17H18BrNO2. The third-order valence-electron chi connectivity index (χ3n) is 3.72. The van der Waals surface area contributed by atoms with Crippen LogP contribution in [-0.2, 0) is 6.54 Å². The highest BCUT2D eigenvalue weighted by molar-refractivity contribution is 9.10. The van der Waals surface area contributed by atoms with Gasteiger partial charge in [-0.25, -0.2) is 0 Å². The Balaban J connectivity index is 1.86. The van der Waals surface area contributed by atoms with Crippen molar-refractivity contribution in [3.05, 3.63) is 57.5 Å². The van der Waals surface area contributed by atoms with Gasteiger partial charge in [-0.05, 0) is 66.9 Å². The van der Waals surface area contributed by atoms with Gasteiger partial charge in [-0.15, -0.1) is 0 Å². The van der Waals surface area contributed by atoms with Crippen molar-refractivity contribution in [1.82, 2.24) is 4.90 Å². The summed E-state index contributed by atoms with van der Waals surface area (Å²) in [5.74, 6) is 1.79. The molecule has 1 fully saturated rings. The van der Waals surface area contributed by atoms with E-state index in [4.69, 9.17) is 4.42 Å². The summed E-state index contributed by atoms with van der Waals surface area (Å²) in [7, 11) is 0. The van der Waals surface area contributed by atoms with Gasteiger partial charge in [0, 0.05) is 10.5 Å². The van der Waals surface area contributed by atoms with Gasteiger partial charge in [0.25, 0.3) is 5.91 Å². The van der Waals surface area contributed by atoms with Gasteiger partial charge in [-0.1, -0.05) is 11.6 Å². The molecule has 0 atom stereocenters. The lowest BCUT2D eigenvalue weighted by Gasteiger charge is -2.22. The summed E-state index contributed by atoms with van der Waals surface area (Å²) in [5.41, 5.74) is 1.82. The number of hydrogen-bond donors (Lipinski definition) is 0. The van der Waals surface area contributed by atoms with Crippen LogP contribution in [0.15, 0.2) is 39.2 Å². The third-order valence-corrected chi connectivity index (χ3v) is 4.41. The third kappa shape index (κ3) is 3.21. The van der Waals surface area contributed by atoms with Gasteiger partial charge >= 0.3 is 0 Å². The van der Waals surface area contributed by atoms with E-state index in [2.05, 4.69) is 15.9 Å². The number of rotatable bonds is 4. The van der Waals surface area contributed by atoms with Gasteiger partial charge in [0.15, 0.2) is 0 Å². The van der Waals surface area contributed by atoms with Gasteiger partial charge in [-0.2, -0.15) is 0 Å². The molecule has 110 valence electrons. The molecule has 0 aliphatic heterocycles. The molecule has 0 radical (unpaired) electrons. The van der Waals surface area contributed by atoms with E-state index in [1.807, 2.05) is 49.1 Å². The summed E-state index contributed by atoms with van der Waals surface area (Å²) in [6, 6.07) is 10.1. The number of halogens is 1. The quantitative estimate of drug-likeness (QED) is 0.817. The number of amides is 1. The van der Waals surface area contributed by atoms with Crippen LogP contribution < -0.4 is 0 Å². The Bertz CT molecular complexity index is 673. The zero-order chi connectivity index (χ0) is 15.0. The molecule has 0 saturated heterocycles. The molecule has 1 aliphatic rings. The Kier molecular flexibility index (Phi) is 3.89. The lowest BCUT2D eigenvalue weighted by molar-refractivity contribution is 0.0716. The predicted octanol–water partition coefficient (Wildman–Crippen LogP) is 4.46. The number of furan rings is 1. The van der Waals surface area contributed by atoms with Gasteiger partial charge in [0.2, 0.25) is 0 Å². The highest BCUT2D eigenvalue weighted by atomic mass is 79.9. The number of carbonyl (C=O) groups excluding carboxylic acids is 1. The smallest absolute Gasteiger partial charge is 0.255 e. The van der Waals surface area contributed by atoms with E-state index < -0.39 is 0 Å². The first-order valence-corrected chi connectivity index (χ1v) is 7.96. The van der Waals surface area contributed by atoms with Crippen LogP contribution in [0.2, 0.25) is 0 Å². The predicted molar refractivity (Wildman–Crippen MR) is 85.2 cm³/mol. The minimum atomic E-state index is 0.0714. The van der Waals surface area contributed by atoms with Crippen LogP contribution in [0.25, 0.3) is 0 Å². The molecule has 0 bridgehead atoms. The molecule has 21 heavy (non-hydrogen) atoms. The van der Waals surface area contributed by atoms with Crippen molar-refractivity contribution in [2.24, 2.45) is 0 Å². The van der Waals surface area contributed by atoms with E-state index in [9.17, 15) is 4.79 Å². The lowest BCUT2D eigenvalue weighted by atomic mass is 10.1. The zero-order valence-electron chi connectivity index (χ0n) is 12.2. The topological polar surface area (TPSA) is 33.5 Å². The maximum atomic E-state index is 12.9. The Morgan fingerprint density at radius 2 is 2.05 bits per heavy atom. The summed E-state index contributed by atoms with van der Waals surface area (Å²) in [6.45, 7) is 4.46. The highest BCUT2D eigenvalue weighted by Gasteiger charge is 2.34. The number of carbonyl (C=O) groups is 1. The van der Waals surface area contributed by atoms with Crippen LogP contribution in [0.3, 0.4) is 0 Å². The van der Waals surface area contributed by atoms with Crippen molar-refractivity contribution >= 4 is 21.8 Å². The van der Waals surface area contributed by atoms with Crippen LogP contribution in [0, 0.1) is 13.8 Å². The fourth-order valence-corrected chi connectivity index (χ4v) is 2.86. The number of nitrogens with zero attached hydrogens (tertiary/aromatic N) is 1. The Hall–Kier alpha value is -1.55. The van der Waals surface area contributed by atoms with E-state index in [1.54, 1.807) is 0 Å². The second kappa shape index (κ2) is 5.68. The van der Waals surface area contributed by atoms with Crippen LogP contribution in [0.5, 0.6) is 0 Å². The molecule has 1 aliphatic carbocycles. The average Bonchev–Trinajstić information content (AvgIpc) is 3.21. The van der Waals surface area contributed by atoms with E-state index in [1.165, 1.54) is 0 Å². The summed E-state index contributed by atoms with van der Waals surface area (Å²) in [4.78, 5) is 14.8. The monoisotopic (exact) mass is 347 g/mol. The molecule has 3 nitrogen and oxygen atoms in total. The SMILES string of the molecule is Cc1ccc(Br)c(C(=O)N(Cc2ccc(C)o2)C2CC2)c1. The van der Waals surface area contributed by atoms with Crippen molar-refractivity contribution in [3.63, 3.8) is 0 Å². The van der Waals surface area contributed by atoms with Gasteiger partial charge in [0.1, 0.15) is 11.5 Å². The van der Waals surface area contributed by atoms with E-state index in [0.29, 0.717) is 12.6 Å². The maximum absolute atomic E-state index is 12.9. The van der Waals surface area contributed by atoms with Crippen molar-refractivity contribution in [1.29, 1.82) is 0 Å². The normalized spacial score (nSPS) is 14.2. The zero-order valence-corrected chi connectivity index (χ0v) is 13.8. The van der Waals surface area contributed by atoms with Gasteiger partial charge in [-0.3, -0.25) is 4.79 Å². The molecule has 1 saturated carbocycles. The molecule has 1 aromatic carbocycles. The molecule has 2 aromatic rings. The summed E-state index contributed by atoms with van der Waals surface area (Å²) >= 11 is 3.49. The second-order valence-corrected chi connectivity index (χ2v) is 6.51. The Morgan fingerprint density at radius 1 is 1.29 bits per heavy atom. The average molecular weight is 348 g/mol. The molecule has 0 spiro atoms. The first-order valence-electron chi connectivity index (χ1n) is 7.17. The van der Waals surface area contributed by atoms with Gasteiger partial charge in [0.05, 0.1) is 12.1 Å². The van der Waals surface area contributed by atoms with Crippen LogP contribution in [0.4, 0.5) is 0 Å². The molecular weight excluding hydrogens is 330 g/mol. The minimum absolute atomic E-state index is 0.0714. The fourth-order valence-electron chi connectivity index (χ4n) is 2.45. The number of benzene rings is 1. The maximum Gasteiger partial charge on any atom is 0.255 e. The van der Waals surface area contributed by atoms with E-state index in [-0.39, 0.29) is 5.91 Å². The fraction of sp³-hybridized carbons (Fsp3) is 0.353. The first-order chi connectivity index (χ1) is 10.0. The summed E-state index contributed by atoms with van der Waals surface area (Å²) in [6.07, 6.45) is 2.16. The van der Waals surface area contributed by atoms with Crippen molar-refractivity contribution < 1.29 is 9.21 Å². The minimum Gasteiger partial charge on any atom is -0.464 e. The van der Waals surface area contributed by atoms with Crippen LogP contribution in [-0.4, -0.2) is 16.8 Å². The van der Waals surface area contributed by atoms with Crippen molar-refractivity contribution in [3.8, 4) is 0 Å². The van der Waals surface area contributed by atoms with Crippen molar-refractivity contribution in [2.75, 3.05) is 0 Å². The molecule has 4 heteroatoms. The largest absolute Gasteiger partial charge is 0.464 e. The molecule has 1 amide bonds. The van der Waals surface area contributed by atoms with Crippen LogP contribution in [0.1, 0.15) is 40.3 Å². The summed E-state index contributed by atoms with van der Waals surface area (Å²) in [5, 5.41) is 0. The highest BCUT2D eigenvalue weighted by Crippen LogP contribution is 2.31. The first kappa shape index (κ1) is 14.4. The standard InChI is InChI=1S/C17H18BrNO2/c1-11-3-8-16(18)15(9-11)17(20)19(13-5-6-13)10-14-7-4-12(2)21-14/h3-4,7-9,13H,5-6,10H2,1-2H3. The second-order valence-electron chi connectivity index (χ2n) is 5.66. The molecule has 0 N–H and O–H groups in total. The molecule has 3 rings (SSSR count). The number of hydrogen-bond acceptors (Lipinski definition) is 2. The summed E-state index contributed by atoms with van der Waals surface area (Å²) < 4.78 is 6.47. The number of aryl methyl sites for hydroxylation is 2. The van der Waals surface area contributed by atoms with Gasteiger partial charge < -0.3 is 9.32 Å². The molecule has 1 aromatic heterocycles. The lowest BCUT2D eigenvalue weighted by Crippen LogP contribution is -2.32. The van der Waals surface area contributed by atoms with Crippen molar-refractivity contribution in [2.45, 2.75) is 39.3 Å². The van der Waals surface area contributed by atoms with Crippen LogP contribution >= 0.6 is 15.9 Å². The Labute approximate surface area is 133 Å². The molecule has 0 unspecified atom stereocenters. The van der Waals surface area contributed by atoms with E-state index in [0.717, 1.165) is 40.0 Å². The van der Waals surface area contributed by atoms with E-state index >= 15 is 0 Å². The Morgan fingerprint density at radius 3 is 2.67 bits per heavy atom. The molecule has 1 heterocycles.